The van der Waals surface area contributed by atoms with Crippen molar-refractivity contribution in [3.05, 3.63) is 48.4 Å². The monoisotopic (exact) mass is 393 g/mol. The molecule has 1 fully saturated rings. The van der Waals surface area contributed by atoms with Crippen LogP contribution in [0.4, 0.5) is 17.5 Å². The summed E-state index contributed by atoms with van der Waals surface area (Å²) in [6.07, 6.45) is 8.61. The normalized spacial score (nSPS) is 18.9. The van der Waals surface area contributed by atoms with Crippen LogP contribution in [0.25, 0.3) is 5.69 Å². The van der Waals surface area contributed by atoms with Gasteiger partial charge in [-0.1, -0.05) is 6.07 Å². The van der Waals surface area contributed by atoms with E-state index in [1.165, 1.54) is 11.0 Å². The molecule has 150 valence electrons. The van der Waals surface area contributed by atoms with Gasteiger partial charge >= 0.3 is 0 Å². The molecular weight excluding hydrogens is 370 g/mol. The number of hydrogen-bond acceptors (Lipinski definition) is 8. The Balaban J connectivity index is 1.58. The van der Waals surface area contributed by atoms with Gasteiger partial charge in [0.05, 0.1) is 18.1 Å². The molecule has 2 heterocycles. The van der Waals surface area contributed by atoms with E-state index in [1.807, 2.05) is 24.3 Å². The molecule has 2 atom stereocenters. The molecular formula is C19H23N9O. The fourth-order valence-corrected chi connectivity index (χ4v) is 3.46. The van der Waals surface area contributed by atoms with E-state index >= 15 is 0 Å². The summed E-state index contributed by atoms with van der Waals surface area (Å²) in [5.74, 6) is 0.158. The first kappa shape index (κ1) is 18.8. The first-order chi connectivity index (χ1) is 14.1. The largest absolute Gasteiger partial charge is 0.365 e. The van der Waals surface area contributed by atoms with Gasteiger partial charge in [0.2, 0.25) is 5.95 Å². The number of nitrogens with one attached hydrogen (secondary N) is 2. The van der Waals surface area contributed by atoms with Crippen LogP contribution in [0.15, 0.2) is 42.9 Å². The van der Waals surface area contributed by atoms with Crippen molar-refractivity contribution in [3.63, 3.8) is 0 Å². The molecule has 29 heavy (non-hydrogen) atoms. The Hall–Kier alpha value is -3.53. The van der Waals surface area contributed by atoms with Crippen molar-refractivity contribution in [1.29, 1.82) is 0 Å². The minimum atomic E-state index is -0.608. The summed E-state index contributed by atoms with van der Waals surface area (Å²) < 4.78 is 0. The number of rotatable bonds is 6. The molecule has 4 rings (SSSR count). The van der Waals surface area contributed by atoms with Gasteiger partial charge in [-0.25, -0.2) is 4.98 Å². The van der Waals surface area contributed by atoms with Crippen molar-refractivity contribution in [2.75, 3.05) is 10.6 Å². The Bertz CT molecular complexity index is 989. The van der Waals surface area contributed by atoms with Crippen LogP contribution in [0.1, 0.15) is 36.0 Å². The smallest absolute Gasteiger partial charge is 0.254 e. The maximum atomic E-state index is 11.9. The van der Waals surface area contributed by atoms with Crippen LogP contribution < -0.4 is 22.1 Å². The predicted octanol–water partition coefficient (Wildman–Crippen LogP) is 1.58. The zero-order valence-electron chi connectivity index (χ0n) is 15.8. The van der Waals surface area contributed by atoms with Crippen LogP contribution in [0.5, 0.6) is 0 Å². The average molecular weight is 393 g/mol. The van der Waals surface area contributed by atoms with Gasteiger partial charge in [0, 0.05) is 24.0 Å². The van der Waals surface area contributed by atoms with Crippen molar-refractivity contribution < 1.29 is 4.79 Å². The Morgan fingerprint density at radius 1 is 1.21 bits per heavy atom. The van der Waals surface area contributed by atoms with Crippen LogP contribution in [0, 0.1) is 0 Å². The number of amides is 1. The highest BCUT2D eigenvalue weighted by molar-refractivity contribution is 5.98. The second kappa shape index (κ2) is 8.23. The van der Waals surface area contributed by atoms with Crippen LogP contribution in [0.3, 0.4) is 0 Å². The number of nitrogens with two attached hydrogens (primary N) is 2. The number of primary amides is 1. The quantitative estimate of drug-likeness (QED) is 0.493. The summed E-state index contributed by atoms with van der Waals surface area (Å²) in [7, 11) is 0. The molecule has 3 aromatic rings. The first-order valence-corrected chi connectivity index (χ1v) is 9.51. The number of anilines is 3. The number of carbonyl (C=O) groups is 1. The SMILES string of the molecule is NC(=O)c1cnc(N[C@@H]2CCC[C@@H](N)C2)nc1Nc1cccc(-n2nccn2)c1. The predicted molar refractivity (Wildman–Crippen MR) is 109 cm³/mol. The summed E-state index contributed by atoms with van der Waals surface area (Å²) in [6, 6.07) is 7.82. The van der Waals surface area contributed by atoms with Crippen LogP contribution in [-0.4, -0.2) is 43.0 Å². The van der Waals surface area contributed by atoms with Crippen molar-refractivity contribution in [3.8, 4) is 5.69 Å². The van der Waals surface area contributed by atoms with Crippen LogP contribution in [0.2, 0.25) is 0 Å². The van der Waals surface area contributed by atoms with E-state index in [9.17, 15) is 4.79 Å². The minimum Gasteiger partial charge on any atom is -0.365 e. The van der Waals surface area contributed by atoms with E-state index in [2.05, 4.69) is 30.8 Å². The lowest BCUT2D eigenvalue weighted by atomic mass is 9.92. The number of benzene rings is 1. The lowest BCUT2D eigenvalue weighted by Gasteiger charge is -2.27. The zero-order valence-corrected chi connectivity index (χ0v) is 15.8. The molecule has 10 nitrogen and oxygen atoms in total. The van der Waals surface area contributed by atoms with E-state index in [4.69, 9.17) is 11.5 Å². The molecule has 1 aliphatic rings. The van der Waals surface area contributed by atoms with Crippen LogP contribution >= 0.6 is 0 Å². The highest BCUT2D eigenvalue weighted by Crippen LogP contribution is 2.24. The summed E-state index contributed by atoms with van der Waals surface area (Å²) >= 11 is 0. The standard InChI is InChI=1S/C19H23N9O/c20-12-3-1-4-13(9-12)26-19-22-11-16(17(21)29)18(27-19)25-14-5-2-6-15(10-14)28-23-7-8-24-28/h2,5-8,10-13H,1,3-4,9,20H2,(H2,21,29)(H2,22,25,26,27)/t12-,13-/m1/s1. The summed E-state index contributed by atoms with van der Waals surface area (Å²) in [5.41, 5.74) is 13.3. The van der Waals surface area contributed by atoms with Crippen LogP contribution in [-0.2, 0) is 0 Å². The Morgan fingerprint density at radius 3 is 2.79 bits per heavy atom. The maximum Gasteiger partial charge on any atom is 0.254 e. The topological polar surface area (TPSA) is 150 Å². The Kier molecular flexibility index (Phi) is 5.34. The molecule has 0 aliphatic heterocycles. The molecule has 0 spiro atoms. The molecule has 1 aliphatic carbocycles. The minimum absolute atomic E-state index is 0.183. The van der Waals surface area contributed by atoms with Crippen molar-refractivity contribution in [2.24, 2.45) is 11.5 Å². The number of carbonyl (C=O) groups excluding carboxylic acids is 1. The van der Waals surface area contributed by atoms with Gasteiger partial charge in [-0.05, 0) is 43.9 Å². The van der Waals surface area contributed by atoms with Gasteiger partial charge in [-0.15, -0.1) is 0 Å². The van der Waals surface area contributed by atoms with Crippen molar-refractivity contribution in [2.45, 2.75) is 37.8 Å². The zero-order chi connectivity index (χ0) is 20.2. The van der Waals surface area contributed by atoms with Crippen molar-refractivity contribution in [1.82, 2.24) is 25.0 Å². The lowest BCUT2D eigenvalue weighted by Crippen LogP contribution is -2.35. The molecule has 2 aromatic heterocycles. The van der Waals surface area contributed by atoms with Gasteiger partial charge in [-0.3, -0.25) is 4.79 Å². The average Bonchev–Trinajstić information content (AvgIpc) is 3.23. The third kappa shape index (κ3) is 4.49. The van der Waals surface area contributed by atoms with Gasteiger partial charge < -0.3 is 22.1 Å². The summed E-state index contributed by atoms with van der Waals surface area (Å²) in [5, 5.41) is 14.7. The molecule has 0 bridgehead atoms. The van der Waals surface area contributed by atoms with Crippen molar-refractivity contribution >= 4 is 23.4 Å². The number of hydrogen-bond donors (Lipinski definition) is 4. The van der Waals surface area contributed by atoms with Gasteiger partial charge in [0.15, 0.2) is 0 Å². The second-order valence-corrected chi connectivity index (χ2v) is 7.08. The maximum absolute atomic E-state index is 11.9. The lowest BCUT2D eigenvalue weighted by molar-refractivity contribution is 0.100. The number of aromatic nitrogens is 5. The van der Waals surface area contributed by atoms with E-state index in [0.717, 1.165) is 31.4 Å². The second-order valence-electron chi connectivity index (χ2n) is 7.08. The van der Waals surface area contributed by atoms with E-state index in [0.29, 0.717) is 17.5 Å². The van der Waals surface area contributed by atoms with E-state index in [1.54, 1.807) is 12.4 Å². The van der Waals surface area contributed by atoms with E-state index in [-0.39, 0.29) is 17.6 Å². The van der Waals surface area contributed by atoms with Gasteiger partial charge in [0.25, 0.3) is 5.91 Å². The Labute approximate surface area is 167 Å². The first-order valence-electron chi connectivity index (χ1n) is 9.51. The Morgan fingerprint density at radius 2 is 2.03 bits per heavy atom. The molecule has 0 radical (unpaired) electrons. The summed E-state index contributed by atoms with van der Waals surface area (Å²) in [4.78, 5) is 22.1. The highest BCUT2D eigenvalue weighted by atomic mass is 16.1. The molecule has 10 heteroatoms. The molecule has 1 saturated carbocycles. The third-order valence-corrected chi connectivity index (χ3v) is 4.86. The van der Waals surface area contributed by atoms with Gasteiger partial charge in [-0.2, -0.15) is 20.0 Å². The molecule has 1 amide bonds. The van der Waals surface area contributed by atoms with E-state index < -0.39 is 5.91 Å². The third-order valence-electron chi connectivity index (χ3n) is 4.86. The molecule has 1 aromatic carbocycles. The summed E-state index contributed by atoms with van der Waals surface area (Å²) in [6.45, 7) is 0. The fourth-order valence-electron chi connectivity index (χ4n) is 3.46. The molecule has 6 N–H and O–H groups in total. The fraction of sp³-hybridized carbons (Fsp3) is 0.316. The molecule has 0 unspecified atom stereocenters. The molecule has 0 saturated heterocycles. The number of nitrogens with zero attached hydrogens (tertiary/aromatic N) is 5. The highest BCUT2D eigenvalue weighted by Gasteiger charge is 2.21. The van der Waals surface area contributed by atoms with Gasteiger partial charge in [0.1, 0.15) is 11.4 Å².